The molecule has 0 saturated carbocycles. The summed E-state index contributed by atoms with van der Waals surface area (Å²) in [6.45, 7) is -0.162. The predicted octanol–water partition coefficient (Wildman–Crippen LogP) is 5.12. The van der Waals surface area contributed by atoms with Gasteiger partial charge in [0, 0.05) is 18.5 Å². The zero-order valence-corrected chi connectivity index (χ0v) is 16.9. The number of nitrogens with zero attached hydrogens (tertiary/aromatic N) is 2. The van der Waals surface area contributed by atoms with Crippen LogP contribution in [0, 0.1) is 0 Å². The Bertz CT molecular complexity index is 1150. The highest BCUT2D eigenvalue weighted by atomic mass is 19.4. The lowest BCUT2D eigenvalue weighted by molar-refractivity contribution is -0.143. The summed E-state index contributed by atoms with van der Waals surface area (Å²) in [5.41, 5.74) is -4.72. The second kappa shape index (κ2) is 7.94. The van der Waals surface area contributed by atoms with Gasteiger partial charge in [-0.2, -0.15) is 31.4 Å². The first-order valence-electron chi connectivity index (χ1n) is 9.88. The number of anilines is 1. The maximum absolute atomic E-state index is 13.2. The van der Waals surface area contributed by atoms with Gasteiger partial charge in [-0.15, -0.1) is 0 Å². The molecule has 2 heterocycles. The lowest BCUT2D eigenvalue weighted by Crippen LogP contribution is -2.46. The number of aromatic nitrogens is 2. The molecule has 0 atom stereocenters. The molecule has 3 aromatic rings. The van der Waals surface area contributed by atoms with E-state index in [1.54, 1.807) is 24.3 Å². The van der Waals surface area contributed by atoms with Gasteiger partial charge in [-0.05, 0) is 48.7 Å². The number of H-pyrrole nitrogens is 1. The zero-order valence-electron chi connectivity index (χ0n) is 16.9. The average Bonchev–Trinajstić information content (AvgIpc) is 3.15. The molecule has 12 heteroatoms. The van der Waals surface area contributed by atoms with Gasteiger partial charge in [0.15, 0.2) is 5.82 Å². The second-order valence-corrected chi connectivity index (χ2v) is 7.86. The number of hydrogen-bond donors (Lipinski definition) is 3. The molecule has 176 valence electrons. The van der Waals surface area contributed by atoms with Crippen LogP contribution in [0.2, 0.25) is 0 Å². The molecule has 1 aromatic heterocycles. The summed E-state index contributed by atoms with van der Waals surface area (Å²) in [4.78, 5) is 13.9. The fourth-order valence-corrected chi connectivity index (χ4v) is 3.83. The van der Waals surface area contributed by atoms with Gasteiger partial charge in [0.2, 0.25) is 0 Å². The molecule has 3 N–H and O–H groups in total. The van der Waals surface area contributed by atoms with E-state index in [0.29, 0.717) is 23.0 Å². The van der Waals surface area contributed by atoms with Crippen molar-refractivity contribution in [3.63, 3.8) is 0 Å². The predicted molar refractivity (Wildman–Crippen MR) is 106 cm³/mol. The van der Waals surface area contributed by atoms with Gasteiger partial charge >= 0.3 is 18.4 Å². The fourth-order valence-electron chi connectivity index (χ4n) is 3.83. The van der Waals surface area contributed by atoms with Crippen molar-refractivity contribution in [3.8, 4) is 0 Å². The van der Waals surface area contributed by atoms with Crippen molar-refractivity contribution in [2.75, 3.05) is 18.4 Å². The molecule has 6 nitrogen and oxygen atoms in total. The quantitative estimate of drug-likeness (QED) is 0.453. The molecule has 4 rings (SSSR count). The second-order valence-electron chi connectivity index (χ2n) is 7.86. The average molecular weight is 472 g/mol. The van der Waals surface area contributed by atoms with Crippen LogP contribution in [0.1, 0.15) is 29.5 Å². The summed E-state index contributed by atoms with van der Waals surface area (Å²) < 4.78 is 79.0. The minimum Gasteiger partial charge on any atom is -0.385 e. The number of nitrogens with one attached hydrogen (secondary N) is 2. The van der Waals surface area contributed by atoms with E-state index in [1.165, 1.54) is 4.90 Å². The van der Waals surface area contributed by atoms with Crippen molar-refractivity contribution in [1.82, 2.24) is 15.1 Å². The smallest absolute Gasteiger partial charge is 0.385 e. The molecular weight excluding hydrogens is 454 g/mol. The largest absolute Gasteiger partial charge is 0.416 e. The van der Waals surface area contributed by atoms with Crippen molar-refractivity contribution >= 4 is 22.8 Å². The van der Waals surface area contributed by atoms with Crippen LogP contribution in [0.3, 0.4) is 0 Å². The summed E-state index contributed by atoms with van der Waals surface area (Å²) in [7, 11) is 0. The van der Waals surface area contributed by atoms with Crippen LogP contribution in [0.4, 0.5) is 37.0 Å². The van der Waals surface area contributed by atoms with Crippen LogP contribution < -0.4 is 5.32 Å². The van der Waals surface area contributed by atoms with E-state index in [4.69, 9.17) is 0 Å². The number of urea groups is 1. The number of para-hydroxylation sites is 1. The molecule has 1 aliphatic rings. The highest BCUT2D eigenvalue weighted by molar-refractivity contribution is 5.98. The summed E-state index contributed by atoms with van der Waals surface area (Å²) in [5, 5.41) is 21.0. The molecule has 0 unspecified atom stereocenters. The number of fused-ring (bicyclic) bond motifs is 1. The van der Waals surface area contributed by atoms with Gasteiger partial charge in [0.1, 0.15) is 0 Å². The van der Waals surface area contributed by atoms with Crippen LogP contribution in [0.25, 0.3) is 10.9 Å². The molecule has 2 amide bonds. The van der Waals surface area contributed by atoms with Crippen LogP contribution in [0.5, 0.6) is 0 Å². The first-order valence-corrected chi connectivity index (χ1v) is 9.88. The molecule has 1 saturated heterocycles. The standard InChI is InChI=1S/C21H18F6N4O2/c22-20(23,24)13-9-12(10-14(11-13)21(25,26)27)19(33)5-7-31(8-6-19)18(32)28-17-15-3-1-2-4-16(15)29-30-17/h1-4,9-11,33H,5-8H2,(H2,28,29,30,32). The first kappa shape index (κ1) is 22.9. The van der Waals surface area contributed by atoms with Crippen molar-refractivity contribution < 1.29 is 36.2 Å². The SMILES string of the molecule is O=C(Nc1n[nH]c2ccccc12)N1CCC(O)(c2cc(C(F)(F)F)cc(C(F)(F)F)c2)CC1. The van der Waals surface area contributed by atoms with Crippen molar-refractivity contribution in [2.24, 2.45) is 0 Å². The van der Waals surface area contributed by atoms with Crippen molar-refractivity contribution in [3.05, 3.63) is 59.2 Å². The van der Waals surface area contributed by atoms with Gasteiger partial charge < -0.3 is 10.0 Å². The minimum atomic E-state index is -5.01. The van der Waals surface area contributed by atoms with Crippen LogP contribution >= 0.6 is 0 Å². The number of benzene rings is 2. The maximum Gasteiger partial charge on any atom is 0.416 e. The van der Waals surface area contributed by atoms with Crippen LogP contribution in [0.15, 0.2) is 42.5 Å². The van der Waals surface area contributed by atoms with Crippen molar-refractivity contribution in [1.29, 1.82) is 0 Å². The van der Waals surface area contributed by atoms with E-state index >= 15 is 0 Å². The number of amides is 2. The normalized spacial score (nSPS) is 16.8. The van der Waals surface area contributed by atoms with E-state index in [-0.39, 0.29) is 37.8 Å². The number of rotatable bonds is 2. The number of carbonyl (C=O) groups excluding carboxylic acids is 1. The maximum atomic E-state index is 13.2. The summed E-state index contributed by atoms with van der Waals surface area (Å²) in [6.07, 6.45) is -10.5. The number of hydrogen-bond acceptors (Lipinski definition) is 3. The summed E-state index contributed by atoms with van der Waals surface area (Å²) >= 11 is 0. The number of alkyl halides is 6. The van der Waals surface area contributed by atoms with Gasteiger partial charge in [0.05, 0.1) is 22.2 Å². The third-order valence-electron chi connectivity index (χ3n) is 5.70. The number of carbonyl (C=O) groups is 1. The van der Waals surface area contributed by atoms with E-state index < -0.39 is 40.7 Å². The van der Waals surface area contributed by atoms with Gasteiger partial charge in [-0.25, -0.2) is 4.79 Å². The van der Waals surface area contributed by atoms with E-state index in [1.807, 2.05) is 0 Å². The highest BCUT2D eigenvalue weighted by Gasteiger charge is 2.41. The highest BCUT2D eigenvalue weighted by Crippen LogP contribution is 2.41. The molecule has 0 bridgehead atoms. The van der Waals surface area contributed by atoms with Crippen molar-refractivity contribution in [2.45, 2.75) is 30.8 Å². The molecule has 0 spiro atoms. The molecule has 0 radical (unpaired) electrons. The number of halogens is 6. The molecule has 0 aliphatic carbocycles. The number of aromatic amines is 1. The van der Waals surface area contributed by atoms with E-state index in [2.05, 4.69) is 15.5 Å². The number of aliphatic hydroxyl groups is 1. The Kier molecular flexibility index (Phi) is 5.51. The Balaban J connectivity index is 1.52. The zero-order chi connectivity index (χ0) is 24.0. The summed E-state index contributed by atoms with van der Waals surface area (Å²) in [6, 6.07) is 7.59. The Labute approximate surface area is 183 Å². The number of piperidine rings is 1. The van der Waals surface area contributed by atoms with Gasteiger partial charge in [0.25, 0.3) is 0 Å². The van der Waals surface area contributed by atoms with Gasteiger partial charge in [-0.3, -0.25) is 10.4 Å². The molecule has 2 aromatic carbocycles. The monoisotopic (exact) mass is 472 g/mol. The Morgan fingerprint density at radius 3 is 2.15 bits per heavy atom. The summed E-state index contributed by atoms with van der Waals surface area (Å²) in [5.74, 6) is 0.282. The third kappa shape index (κ3) is 4.61. The van der Waals surface area contributed by atoms with Crippen LogP contribution in [-0.2, 0) is 18.0 Å². The Morgan fingerprint density at radius 1 is 1.00 bits per heavy atom. The topological polar surface area (TPSA) is 81.2 Å². The van der Waals surface area contributed by atoms with E-state index in [0.717, 1.165) is 0 Å². The molecular formula is C21H18F6N4O2. The molecule has 33 heavy (non-hydrogen) atoms. The van der Waals surface area contributed by atoms with E-state index in [9.17, 15) is 36.2 Å². The lowest BCUT2D eigenvalue weighted by atomic mass is 9.83. The lowest BCUT2D eigenvalue weighted by Gasteiger charge is -2.38. The third-order valence-corrected chi connectivity index (χ3v) is 5.70. The first-order chi connectivity index (χ1) is 15.4. The molecule has 1 fully saturated rings. The molecule has 1 aliphatic heterocycles. The number of likely N-dealkylation sites (tertiary alicyclic amines) is 1. The fraction of sp³-hybridized carbons (Fsp3) is 0.333. The Hall–Kier alpha value is -3.28. The van der Waals surface area contributed by atoms with Gasteiger partial charge in [-0.1, -0.05) is 12.1 Å². The Morgan fingerprint density at radius 2 is 1.58 bits per heavy atom. The van der Waals surface area contributed by atoms with Crippen LogP contribution in [-0.4, -0.2) is 39.3 Å². The minimum absolute atomic E-state index is 0.0175.